The first kappa shape index (κ1) is 14.5. The first-order valence-corrected chi connectivity index (χ1v) is 6.21. The molecule has 21 heavy (non-hydrogen) atoms. The Labute approximate surface area is 121 Å². The van der Waals surface area contributed by atoms with Crippen LogP contribution in [0.25, 0.3) is 0 Å². The number of nitrogens with zero attached hydrogens (tertiary/aromatic N) is 1. The zero-order valence-corrected chi connectivity index (χ0v) is 11.3. The molecule has 0 saturated carbocycles. The molecule has 0 aliphatic rings. The van der Waals surface area contributed by atoms with Crippen molar-refractivity contribution in [3.8, 4) is 5.88 Å². The van der Waals surface area contributed by atoms with E-state index in [1.165, 1.54) is 19.4 Å². The van der Waals surface area contributed by atoms with Crippen molar-refractivity contribution in [2.45, 2.75) is 6.04 Å². The molecule has 108 valence electrons. The first-order chi connectivity index (χ1) is 10.1. The second kappa shape index (κ2) is 6.51. The molecule has 0 aliphatic heterocycles. The van der Waals surface area contributed by atoms with Crippen LogP contribution in [0.3, 0.4) is 0 Å². The molecular formula is C15H14N2O4. The van der Waals surface area contributed by atoms with E-state index in [1.54, 1.807) is 36.4 Å². The summed E-state index contributed by atoms with van der Waals surface area (Å²) in [5, 5.41) is 11.8. The molecule has 1 amide bonds. The minimum absolute atomic E-state index is 0.146. The summed E-state index contributed by atoms with van der Waals surface area (Å²) in [4.78, 5) is 27.5. The van der Waals surface area contributed by atoms with Crippen LogP contribution in [-0.2, 0) is 4.79 Å². The number of carboxylic acid groups (broad SMARTS) is 1. The van der Waals surface area contributed by atoms with Gasteiger partial charge in [0.15, 0.2) is 6.04 Å². The summed E-state index contributed by atoms with van der Waals surface area (Å²) in [5.41, 5.74) is 0.670. The van der Waals surface area contributed by atoms with E-state index in [0.29, 0.717) is 5.56 Å². The monoisotopic (exact) mass is 286 g/mol. The maximum atomic E-state index is 12.2. The summed E-state index contributed by atoms with van der Waals surface area (Å²) in [7, 11) is 1.39. The standard InChI is InChI=1S/C15H14N2O4/c1-21-14-11(8-5-9-16-14)13(18)17-12(15(19)20)10-6-3-2-4-7-10/h2-9,12H,1H3,(H,17,18)(H,19,20). The van der Waals surface area contributed by atoms with Crippen molar-refractivity contribution in [2.75, 3.05) is 7.11 Å². The molecule has 0 aliphatic carbocycles. The Morgan fingerprint density at radius 3 is 2.52 bits per heavy atom. The number of aromatic nitrogens is 1. The average Bonchev–Trinajstić information content (AvgIpc) is 2.52. The Hall–Kier alpha value is -2.89. The lowest BCUT2D eigenvalue weighted by Crippen LogP contribution is -2.34. The van der Waals surface area contributed by atoms with Gasteiger partial charge in [0.25, 0.3) is 5.91 Å². The molecule has 1 aromatic heterocycles. The van der Waals surface area contributed by atoms with Crippen molar-refractivity contribution in [1.29, 1.82) is 0 Å². The van der Waals surface area contributed by atoms with Crippen LogP contribution in [0, 0.1) is 0 Å². The summed E-state index contributed by atoms with van der Waals surface area (Å²) in [6.07, 6.45) is 1.49. The second-order valence-corrected chi connectivity index (χ2v) is 4.22. The van der Waals surface area contributed by atoms with Crippen molar-refractivity contribution in [1.82, 2.24) is 10.3 Å². The van der Waals surface area contributed by atoms with Gasteiger partial charge in [0, 0.05) is 6.20 Å². The quantitative estimate of drug-likeness (QED) is 0.872. The molecular weight excluding hydrogens is 272 g/mol. The van der Waals surface area contributed by atoms with Crippen LogP contribution in [0.4, 0.5) is 0 Å². The number of benzene rings is 1. The second-order valence-electron chi connectivity index (χ2n) is 4.22. The van der Waals surface area contributed by atoms with Crippen molar-refractivity contribution in [2.24, 2.45) is 0 Å². The third-order valence-corrected chi connectivity index (χ3v) is 2.86. The van der Waals surface area contributed by atoms with Crippen molar-refractivity contribution >= 4 is 11.9 Å². The molecule has 1 aromatic carbocycles. The Balaban J connectivity index is 2.25. The van der Waals surface area contributed by atoms with Crippen molar-refractivity contribution in [3.63, 3.8) is 0 Å². The van der Waals surface area contributed by atoms with Gasteiger partial charge in [-0.25, -0.2) is 9.78 Å². The molecule has 0 saturated heterocycles. The van der Waals surface area contributed by atoms with E-state index < -0.39 is 17.9 Å². The fourth-order valence-corrected chi connectivity index (χ4v) is 1.87. The largest absolute Gasteiger partial charge is 0.480 e. The lowest BCUT2D eigenvalue weighted by Gasteiger charge is -2.15. The molecule has 2 rings (SSSR count). The summed E-state index contributed by atoms with van der Waals surface area (Å²) in [5.74, 6) is -1.55. The maximum Gasteiger partial charge on any atom is 0.330 e. The van der Waals surface area contributed by atoms with E-state index in [1.807, 2.05) is 0 Å². The molecule has 0 fully saturated rings. The van der Waals surface area contributed by atoms with Crippen LogP contribution < -0.4 is 10.1 Å². The summed E-state index contributed by atoms with van der Waals surface area (Å²) in [6.45, 7) is 0. The predicted molar refractivity (Wildman–Crippen MR) is 75.1 cm³/mol. The maximum absolute atomic E-state index is 12.2. The number of pyridine rings is 1. The molecule has 1 unspecified atom stereocenters. The Bertz CT molecular complexity index is 643. The average molecular weight is 286 g/mol. The zero-order valence-electron chi connectivity index (χ0n) is 11.3. The number of nitrogens with one attached hydrogen (secondary N) is 1. The number of hydrogen-bond donors (Lipinski definition) is 2. The van der Waals surface area contributed by atoms with E-state index in [4.69, 9.17) is 4.74 Å². The van der Waals surface area contributed by atoms with Crippen LogP contribution in [0.5, 0.6) is 5.88 Å². The van der Waals surface area contributed by atoms with Gasteiger partial charge in [0.2, 0.25) is 5.88 Å². The molecule has 2 N–H and O–H groups in total. The smallest absolute Gasteiger partial charge is 0.330 e. The van der Waals surface area contributed by atoms with Gasteiger partial charge in [0.1, 0.15) is 5.56 Å². The van der Waals surface area contributed by atoms with Crippen molar-refractivity contribution in [3.05, 3.63) is 59.8 Å². The number of carbonyl (C=O) groups is 2. The first-order valence-electron chi connectivity index (χ1n) is 6.21. The zero-order chi connectivity index (χ0) is 15.2. The number of rotatable bonds is 5. The molecule has 1 heterocycles. The van der Waals surface area contributed by atoms with Gasteiger partial charge < -0.3 is 15.2 Å². The van der Waals surface area contributed by atoms with E-state index in [9.17, 15) is 14.7 Å². The normalized spacial score (nSPS) is 11.5. The third-order valence-electron chi connectivity index (χ3n) is 2.86. The van der Waals surface area contributed by atoms with Crippen molar-refractivity contribution < 1.29 is 19.4 Å². The van der Waals surface area contributed by atoms with E-state index >= 15 is 0 Å². The van der Waals surface area contributed by atoms with Gasteiger partial charge in [-0.2, -0.15) is 0 Å². The number of carboxylic acids is 1. The molecule has 2 aromatic rings. The topological polar surface area (TPSA) is 88.5 Å². The Morgan fingerprint density at radius 2 is 1.90 bits per heavy atom. The molecule has 6 nitrogen and oxygen atoms in total. The van der Waals surface area contributed by atoms with Crippen LogP contribution in [0.2, 0.25) is 0 Å². The fourth-order valence-electron chi connectivity index (χ4n) is 1.87. The molecule has 0 bridgehead atoms. The highest BCUT2D eigenvalue weighted by Crippen LogP contribution is 2.17. The Morgan fingerprint density at radius 1 is 1.19 bits per heavy atom. The summed E-state index contributed by atoms with van der Waals surface area (Å²) >= 11 is 0. The van der Waals surface area contributed by atoms with Gasteiger partial charge in [-0.15, -0.1) is 0 Å². The van der Waals surface area contributed by atoms with Crippen LogP contribution in [0.1, 0.15) is 22.0 Å². The number of methoxy groups -OCH3 is 1. The summed E-state index contributed by atoms with van der Waals surface area (Å²) < 4.78 is 4.99. The third kappa shape index (κ3) is 3.36. The summed E-state index contributed by atoms with van der Waals surface area (Å²) in [6, 6.07) is 10.4. The number of ether oxygens (including phenoxy) is 1. The predicted octanol–water partition coefficient (Wildman–Crippen LogP) is 1.65. The van der Waals surface area contributed by atoms with Gasteiger partial charge in [-0.3, -0.25) is 4.79 Å². The molecule has 0 spiro atoms. The highest BCUT2D eigenvalue weighted by molar-refractivity contribution is 5.98. The Kier molecular flexibility index (Phi) is 4.50. The van der Waals surface area contributed by atoms with Gasteiger partial charge >= 0.3 is 5.97 Å². The number of hydrogen-bond acceptors (Lipinski definition) is 4. The number of carbonyl (C=O) groups excluding carboxylic acids is 1. The highest BCUT2D eigenvalue weighted by atomic mass is 16.5. The fraction of sp³-hybridized carbons (Fsp3) is 0.133. The van der Waals surface area contributed by atoms with Crippen LogP contribution in [0.15, 0.2) is 48.7 Å². The van der Waals surface area contributed by atoms with Gasteiger partial charge in [0.05, 0.1) is 7.11 Å². The molecule has 6 heteroatoms. The lowest BCUT2D eigenvalue weighted by atomic mass is 10.1. The van der Waals surface area contributed by atoms with E-state index in [2.05, 4.69) is 10.3 Å². The van der Waals surface area contributed by atoms with Gasteiger partial charge in [-0.1, -0.05) is 30.3 Å². The van der Waals surface area contributed by atoms with Gasteiger partial charge in [-0.05, 0) is 17.7 Å². The van der Waals surface area contributed by atoms with E-state index in [-0.39, 0.29) is 11.4 Å². The minimum atomic E-state index is -1.14. The van der Waals surface area contributed by atoms with E-state index in [0.717, 1.165) is 0 Å². The molecule has 0 radical (unpaired) electrons. The van der Waals surface area contributed by atoms with Crippen LogP contribution in [-0.4, -0.2) is 29.1 Å². The lowest BCUT2D eigenvalue weighted by molar-refractivity contribution is -0.139. The highest BCUT2D eigenvalue weighted by Gasteiger charge is 2.24. The van der Waals surface area contributed by atoms with Crippen LogP contribution >= 0.6 is 0 Å². The molecule has 1 atom stereocenters. The minimum Gasteiger partial charge on any atom is -0.480 e. The SMILES string of the molecule is COc1ncccc1C(=O)NC(C(=O)O)c1ccccc1. The number of amides is 1. The number of aliphatic carboxylic acids is 1.